The van der Waals surface area contributed by atoms with Crippen LogP contribution in [0.25, 0.3) is 0 Å². The molecule has 2 nitrogen and oxygen atoms in total. The van der Waals surface area contributed by atoms with Gasteiger partial charge < -0.3 is 9.47 Å². The molecule has 0 saturated carbocycles. The maximum Gasteiger partial charge on any atom is 0.158 e. The second-order valence-corrected chi connectivity index (χ2v) is 7.33. The summed E-state index contributed by atoms with van der Waals surface area (Å²) in [5.41, 5.74) is 0. The van der Waals surface area contributed by atoms with Gasteiger partial charge in [-0.15, -0.1) is 0 Å². The number of hydrogen-bond donors (Lipinski definition) is 0. The Labute approximate surface area is 151 Å². The summed E-state index contributed by atoms with van der Waals surface area (Å²) >= 11 is 0. The molecule has 0 bridgehead atoms. The van der Waals surface area contributed by atoms with Crippen molar-refractivity contribution in [2.75, 3.05) is 6.61 Å². The zero-order chi connectivity index (χ0) is 17.3. The topological polar surface area (TPSA) is 18.5 Å². The molecule has 1 saturated heterocycles. The van der Waals surface area contributed by atoms with Crippen LogP contribution in [0.3, 0.4) is 0 Å². The van der Waals surface area contributed by atoms with E-state index >= 15 is 0 Å². The highest BCUT2D eigenvalue weighted by Gasteiger charge is 2.20. The summed E-state index contributed by atoms with van der Waals surface area (Å²) in [6.45, 7) is 5.25. The van der Waals surface area contributed by atoms with Gasteiger partial charge in [0.25, 0.3) is 0 Å². The highest BCUT2D eigenvalue weighted by atomic mass is 16.7. The van der Waals surface area contributed by atoms with E-state index in [2.05, 4.69) is 26.0 Å². The molecule has 0 aromatic rings. The Morgan fingerprint density at radius 1 is 0.958 bits per heavy atom. The van der Waals surface area contributed by atoms with Crippen molar-refractivity contribution < 1.29 is 9.47 Å². The SMILES string of the molecule is C/C=C/C[C@@H](CCCCCCCCCCCCC)OC1CCCO1. The lowest BCUT2D eigenvalue weighted by Crippen LogP contribution is -2.21. The van der Waals surface area contributed by atoms with Crippen LogP contribution in [0.5, 0.6) is 0 Å². The molecular weight excluding hydrogens is 296 g/mol. The Kier molecular flexibility index (Phi) is 14.6. The van der Waals surface area contributed by atoms with Crippen LogP contribution in [0.2, 0.25) is 0 Å². The van der Waals surface area contributed by atoms with Crippen molar-refractivity contribution in [3.63, 3.8) is 0 Å². The van der Waals surface area contributed by atoms with Gasteiger partial charge in [-0.2, -0.15) is 0 Å². The van der Waals surface area contributed by atoms with Gasteiger partial charge >= 0.3 is 0 Å². The number of unbranched alkanes of at least 4 members (excludes halogenated alkanes) is 10. The normalized spacial score (nSPS) is 19.3. The third kappa shape index (κ3) is 12.1. The average Bonchev–Trinajstić information content (AvgIpc) is 3.10. The van der Waals surface area contributed by atoms with Crippen molar-refractivity contribution in [2.24, 2.45) is 0 Å². The van der Waals surface area contributed by atoms with Crippen LogP contribution >= 0.6 is 0 Å². The molecule has 1 unspecified atom stereocenters. The van der Waals surface area contributed by atoms with Gasteiger partial charge in [0.1, 0.15) is 0 Å². The summed E-state index contributed by atoms with van der Waals surface area (Å²) < 4.78 is 11.8. The average molecular weight is 339 g/mol. The molecule has 1 fully saturated rings. The van der Waals surface area contributed by atoms with E-state index in [1.54, 1.807) is 0 Å². The first-order valence-electron chi connectivity index (χ1n) is 10.7. The summed E-state index contributed by atoms with van der Waals surface area (Å²) in [6.07, 6.45) is 24.7. The van der Waals surface area contributed by atoms with Crippen LogP contribution < -0.4 is 0 Å². The summed E-state index contributed by atoms with van der Waals surface area (Å²) in [5, 5.41) is 0. The lowest BCUT2D eigenvalue weighted by atomic mass is 10.0. The quantitative estimate of drug-likeness (QED) is 0.219. The molecule has 0 amide bonds. The molecule has 24 heavy (non-hydrogen) atoms. The fourth-order valence-corrected chi connectivity index (χ4v) is 3.44. The zero-order valence-electron chi connectivity index (χ0n) is 16.4. The minimum absolute atomic E-state index is 0.0629. The molecular formula is C22H42O2. The van der Waals surface area contributed by atoms with Crippen molar-refractivity contribution >= 4 is 0 Å². The van der Waals surface area contributed by atoms with Gasteiger partial charge in [0, 0.05) is 13.0 Å². The zero-order valence-corrected chi connectivity index (χ0v) is 16.4. The van der Waals surface area contributed by atoms with Gasteiger partial charge in [0.2, 0.25) is 0 Å². The van der Waals surface area contributed by atoms with E-state index in [0.29, 0.717) is 6.10 Å². The minimum atomic E-state index is 0.0629. The Bertz CT molecular complexity index is 282. The van der Waals surface area contributed by atoms with Crippen LogP contribution in [0.15, 0.2) is 12.2 Å². The molecule has 0 radical (unpaired) electrons. The van der Waals surface area contributed by atoms with E-state index in [1.807, 2.05) is 0 Å². The predicted octanol–water partition coefficient (Wildman–Crippen LogP) is 7.18. The molecule has 1 rings (SSSR count). The molecule has 0 aliphatic carbocycles. The summed E-state index contributed by atoms with van der Waals surface area (Å²) in [7, 11) is 0. The van der Waals surface area contributed by atoms with Gasteiger partial charge in [-0.1, -0.05) is 89.7 Å². The molecule has 1 heterocycles. The fraction of sp³-hybridized carbons (Fsp3) is 0.909. The lowest BCUT2D eigenvalue weighted by Gasteiger charge is -2.20. The van der Waals surface area contributed by atoms with Gasteiger partial charge in [-0.3, -0.25) is 0 Å². The Morgan fingerprint density at radius 3 is 2.12 bits per heavy atom. The number of rotatable bonds is 16. The lowest BCUT2D eigenvalue weighted by molar-refractivity contribution is -0.144. The number of allylic oxidation sites excluding steroid dienone is 1. The van der Waals surface area contributed by atoms with E-state index in [4.69, 9.17) is 9.47 Å². The minimum Gasteiger partial charge on any atom is -0.353 e. The summed E-state index contributed by atoms with van der Waals surface area (Å²) in [4.78, 5) is 0. The van der Waals surface area contributed by atoms with E-state index in [-0.39, 0.29) is 6.29 Å². The fourth-order valence-electron chi connectivity index (χ4n) is 3.44. The highest BCUT2D eigenvalue weighted by molar-refractivity contribution is 4.81. The molecule has 2 atom stereocenters. The van der Waals surface area contributed by atoms with Crippen molar-refractivity contribution in [3.8, 4) is 0 Å². The first-order valence-corrected chi connectivity index (χ1v) is 10.7. The van der Waals surface area contributed by atoms with Crippen molar-refractivity contribution in [2.45, 2.75) is 123 Å². The monoisotopic (exact) mass is 338 g/mol. The largest absolute Gasteiger partial charge is 0.353 e. The summed E-state index contributed by atoms with van der Waals surface area (Å²) in [6, 6.07) is 0. The molecule has 0 spiro atoms. The Morgan fingerprint density at radius 2 is 1.58 bits per heavy atom. The van der Waals surface area contributed by atoms with E-state index in [9.17, 15) is 0 Å². The molecule has 2 heteroatoms. The first kappa shape index (κ1) is 21.7. The molecule has 1 aliphatic heterocycles. The molecule has 0 aromatic carbocycles. The molecule has 1 aliphatic rings. The number of ether oxygens (including phenoxy) is 2. The first-order chi connectivity index (χ1) is 11.9. The van der Waals surface area contributed by atoms with Gasteiger partial charge in [-0.25, -0.2) is 0 Å². The van der Waals surface area contributed by atoms with Crippen molar-refractivity contribution in [1.29, 1.82) is 0 Å². The van der Waals surface area contributed by atoms with Crippen LogP contribution in [0.1, 0.15) is 110 Å². The predicted molar refractivity (Wildman–Crippen MR) is 104 cm³/mol. The van der Waals surface area contributed by atoms with E-state index < -0.39 is 0 Å². The van der Waals surface area contributed by atoms with E-state index in [0.717, 1.165) is 25.9 Å². The maximum atomic E-state index is 6.13. The Hall–Kier alpha value is -0.340. The summed E-state index contributed by atoms with van der Waals surface area (Å²) in [5.74, 6) is 0. The second-order valence-electron chi connectivity index (χ2n) is 7.33. The highest BCUT2D eigenvalue weighted by Crippen LogP contribution is 2.20. The van der Waals surface area contributed by atoms with Crippen LogP contribution in [0, 0.1) is 0 Å². The van der Waals surface area contributed by atoms with Crippen LogP contribution in [-0.4, -0.2) is 19.0 Å². The van der Waals surface area contributed by atoms with Crippen LogP contribution in [-0.2, 0) is 9.47 Å². The number of hydrogen-bond acceptors (Lipinski definition) is 2. The van der Waals surface area contributed by atoms with Crippen molar-refractivity contribution in [3.05, 3.63) is 12.2 Å². The smallest absolute Gasteiger partial charge is 0.158 e. The molecule has 142 valence electrons. The van der Waals surface area contributed by atoms with Gasteiger partial charge in [-0.05, 0) is 26.2 Å². The molecule has 0 N–H and O–H groups in total. The molecule has 0 aromatic heterocycles. The Balaban J connectivity index is 1.95. The van der Waals surface area contributed by atoms with Crippen molar-refractivity contribution in [1.82, 2.24) is 0 Å². The standard InChI is InChI=1S/C22H42O2/c1-3-5-7-8-9-10-11-12-13-14-15-18-21(17-6-4-2)24-22-19-16-20-23-22/h4,6,21-22H,3,5,7-20H2,1-2H3/b6-4+/t21-,22?/m0/s1. The van der Waals surface area contributed by atoms with E-state index in [1.165, 1.54) is 77.0 Å². The third-order valence-corrected chi connectivity index (χ3v) is 5.00. The van der Waals surface area contributed by atoms with Gasteiger partial charge in [0.05, 0.1) is 6.10 Å². The van der Waals surface area contributed by atoms with Crippen LogP contribution in [0.4, 0.5) is 0 Å². The second kappa shape index (κ2) is 16.1. The maximum absolute atomic E-state index is 6.13. The van der Waals surface area contributed by atoms with Gasteiger partial charge in [0.15, 0.2) is 6.29 Å². The third-order valence-electron chi connectivity index (χ3n) is 5.00.